The van der Waals surface area contributed by atoms with Crippen molar-refractivity contribution in [2.75, 3.05) is 11.1 Å². The zero-order valence-corrected chi connectivity index (χ0v) is 12.7. The summed E-state index contributed by atoms with van der Waals surface area (Å²) in [5, 5.41) is 10.4. The Labute approximate surface area is 122 Å². The molecule has 5 nitrogen and oxygen atoms in total. The van der Waals surface area contributed by atoms with Crippen LogP contribution in [0.5, 0.6) is 0 Å². The second kappa shape index (κ2) is 5.82. The normalized spacial score (nSPS) is 11.5. The molecule has 1 aromatic carbocycles. The third kappa shape index (κ3) is 3.50. The maximum Gasteiger partial charge on any atom is 0.238 e. The van der Waals surface area contributed by atoms with Crippen molar-refractivity contribution in [3.05, 3.63) is 40.1 Å². The number of nitrogen functional groups attached to an aromatic ring is 1. The molecular formula is C13H17N3O2S2. The Balaban J connectivity index is 2.20. The number of aryl methyl sites for hydroxylation is 1. The topological polar surface area (TPSA) is 98.2 Å². The first-order chi connectivity index (χ1) is 9.40. The van der Waals surface area contributed by atoms with Crippen molar-refractivity contribution in [2.45, 2.75) is 24.8 Å². The van der Waals surface area contributed by atoms with Gasteiger partial charge in [0.1, 0.15) is 0 Å². The fourth-order valence-electron chi connectivity index (χ4n) is 1.91. The van der Waals surface area contributed by atoms with Crippen LogP contribution in [0.15, 0.2) is 34.5 Å². The Morgan fingerprint density at radius 1 is 1.30 bits per heavy atom. The number of rotatable bonds is 5. The van der Waals surface area contributed by atoms with Crippen LogP contribution in [0.3, 0.4) is 0 Å². The third-order valence-corrected chi connectivity index (χ3v) is 4.79. The van der Waals surface area contributed by atoms with Gasteiger partial charge in [0.15, 0.2) is 0 Å². The third-order valence-electron chi connectivity index (χ3n) is 2.93. The van der Waals surface area contributed by atoms with E-state index in [9.17, 15) is 8.42 Å². The number of primary sulfonamides is 1. The van der Waals surface area contributed by atoms with Gasteiger partial charge in [0, 0.05) is 22.8 Å². The standard InChI is InChI=1S/C13H17N3O2S2/c1-2-9-3-4-19-13(9)8-16-11-5-10(14)6-12(7-11)20(15,17)18/h3-7,16H,2,8,14H2,1H3,(H2,15,17,18). The molecule has 0 spiro atoms. The number of anilines is 2. The van der Waals surface area contributed by atoms with Crippen LogP contribution >= 0.6 is 11.3 Å². The highest BCUT2D eigenvalue weighted by atomic mass is 32.2. The molecular weight excluding hydrogens is 294 g/mol. The Bertz CT molecular complexity index is 708. The number of sulfonamides is 1. The molecule has 0 bridgehead atoms. The Morgan fingerprint density at radius 2 is 2.05 bits per heavy atom. The second-order valence-electron chi connectivity index (χ2n) is 4.41. The van der Waals surface area contributed by atoms with Crippen molar-refractivity contribution in [1.82, 2.24) is 0 Å². The minimum atomic E-state index is -3.75. The summed E-state index contributed by atoms with van der Waals surface area (Å²) in [6.07, 6.45) is 0.972. The molecule has 5 N–H and O–H groups in total. The average molecular weight is 311 g/mol. The van der Waals surface area contributed by atoms with Crippen molar-refractivity contribution in [1.29, 1.82) is 0 Å². The molecule has 2 rings (SSSR count). The predicted octanol–water partition coefficient (Wildman–Crippen LogP) is 2.15. The minimum absolute atomic E-state index is 0.0156. The molecule has 0 saturated carbocycles. The molecule has 0 fully saturated rings. The van der Waals surface area contributed by atoms with Gasteiger partial charge in [0.2, 0.25) is 10.0 Å². The molecule has 108 valence electrons. The average Bonchev–Trinajstić information content (AvgIpc) is 2.82. The molecule has 0 atom stereocenters. The maximum atomic E-state index is 11.4. The second-order valence-corrected chi connectivity index (χ2v) is 6.97. The Kier molecular flexibility index (Phi) is 4.32. The van der Waals surface area contributed by atoms with Crippen LogP contribution in [0.1, 0.15) is 17.4 Å². The molecule has 0 radical (unpaired) electrons. The van der Waals surface area contributed by atoms with Crippen molar-refractivity contribution in [3.63, 3.8) is 0 Å². The van der Waals surface area contributed by atoms with Gasteiger partial charge >= 0.3 is 0 Å². The lowest BCUT2D eigenvalue weighted by atomic mass is 10.2. The molecule has 0 aliphatic carbocycles. The molecule has 2 aromatic rings. The summed E-state index contributed by atoms with van der Waals surface area (Å²) in [5.41, 5.74) is 8.00. The van der Waals surface area contributed by atoms with E-state index in [4.69, 9.17) is 10.9 Å². The van der Waals surface area contributed by atoms with E-state index in [-0.39, 0.29) is 4.90 Å². The molecule has 0 aliphatic heterocycles. The predicted molar refractivity (Wildman–Crippen MR) is 83.3 cm³/mol. The van der Waals surface area contributed by atoms with Gasteiger partial charge in [-0.1, -0.05) is 6.92 Å². The number of nitrogens with one attached hydrogen (secondary N) is 1. The van der Waals surface area contributed by atoms with E-state index >= 15 is 0 Å². The molecule has 7 heteroatoms. The van der Waals surface area contributed by atoms with Crippen LogP contribution in [0, 0.1) is 0 Å². The SMILES string of the molecule is CCc1ccsc1CNc1cc(N)cc(S(N)(=O)=O)c1. The van der Waals surface area contributed by atoms with E-state index in [1.165, 1.54) is 22.6 Å². The number of nitrogens with two attached hydrogens (primary N) is 2. The van der Waals surface area contributed by atoms with Crippen LogP contribution < -0.4 is 16.2 Å². The highest BCUT2D eigenvalue weighted by molar-refractivity contribution is 7.89. The number of thiophene rings is 1. The lowest BCUT2D eigenvalue weighted by Crippen LogP contribution is -2.13. The molecule has 0 unspecified atom stereocenters. The largest absolute Gasteiger partial charge is 0.399 e. The smallest absolute Gasteiger partial charge is 0.238 e. The van der Waals surface area contributed by atoms with Crippen molar-refractivity contribution < 1.29 is 8.42 Å². The van der Waals surface area contributed by atoms with E-state index in [1.807, 2.05) is 5.38 Å². The molecule has 20 heavy (non-hydrogen) atoms. The summed E-state index contributed by atoms with van der Waals surface area (Å²) in [7, 11) is -3.75. The quantitative estimate of drug-likeness (QED) is 0.737. The zero-order chi connectivity index (χ0) is 14.8. The Morgan fingerprint density at radius 3 is 2.70 bits per heavy atom. The molecule has 1 heterocycles. The van der Waals surface area contributed by atoms with E-state index in [0.717, 1.165) is 6.42 Å². The van der Waals surface area contributed by atoms with Gasteiger partial charge in [-0.15, -0.1) is 11.3 Å². The minimum Gasteiger partial charge on any atom is -0.399 e. The molecule has 0 saturated heterocycles. The first-order valence-electron chi connectivity index (χ1n) is 6.12. The van der Waals surface area contributed by atoms with E-state index in [2.05, 4.69) is 18.3 Å². The van der Waals surface area contributed by atoms with Gasteiger partial charge in [-0.05, 0) is 41.6 Å². The van der Waals surface area contributed by atoms with Gasteiger partial charge in [-0.2, -0.15) is 0 Å². The number of benzene rings is 1. The number of hydrogen-bond acceptors (Lipinski definition) is 5. The number of hydrogen-bond donors (Lipinski definition) is 3. The van der Waals surface area contributed by atoms with Gasteiger partial charge in [-0.3, -0.25) is 0 Å². The van der Waals surface area contributed by atoms with E-state index in [1.54, 1.807) is 17.4 Å². The first-order valence-corrected chi connectivity index (χ1v) is 8.55. The van der Waals surface area contributed by atoms with Crippen LogP contribution in [0.25, 0.3) is 0 Å². The van der Waals surface area contributed by atoms with Crippen LogP contribution in [-0.2, 0) is 23.0 Å². The Hall–Kier alpha value is -1.57. The van der Waals surface area contributed by atoms with Crippen LogP contribution in [0.4, 0.5) is 11.4 Å². The fourth-order valence-corrected chi connectivity index (χ4v) is 3.42. The van der Waals surface area contributed by atoms with Crippen molar-refractivity contribution in [3.8, 4) is 0 Å². The first kappa shape index (κ1) is 14.8. The summed E-state index contributed by atoms with van der Waals surface area (Å²) in [6.45, 7) is 2.74. The summed E-state index contributed by atoms with van der Waals surface area (Å²) in [6, 6.07) is 6.62. The van der Waals surface area contributed by atoms with Crippen LogP contribution in [-0.4, -0.2) is 8.42 Å². The van der Waals surface area contributed by atoms with Crippen molar-refractivity contribution >= 4 is 32.7 Å². The fraction of sp³-hybridized carbons (Fsp3) is 0.231. The van der Waals surface area contributed by atoms with E-state index in [0.29, 0.717) is 17.9 Å². The highest BCUT2D eigenvalue weighted by Gasteiger charge is 2.10. The maximum absolute atomic E-state index is 11.4. The van der Waals surface area contributed by atoms with Gasteiger partial charge < -0.3 is 11.1 Å². The van der Waals surface area contributed by atoms with E-state index < -0.39 is 10.0 Å². The summed E-state index contributed by atoms with van der Waals surface area (Å²) >= 11 is 1.67. The lowest BCUT2D eigenvalue weighted by molar-refractivity contribution is 0.598. The van der Waals surface area contributed by atoms with Gasteiger partial charge in [0.05, 0.1) is 4.90 Å². The van der Waals surface area contributed by atoms with Crippen molar-refractivity contribution in [2.24, 2.45) is 5.14 Å². The molecule has 1 aromatic heterocycles. The monoisotopic (exact) mass is 311 g/mol. The zero-order valence-electron chi connectivity index (χ0n) is 11.1. The van der Waals surface area contributed by atoms with Gasteiger partial charge in [-0.25, -0.2) is 13.6 Å². The van der Waals surface area contributed by atoms with Gasteiger partial charge in [0.25, 0.3) is 0 Å². The summed E-state index contributed by atoms with van der Waals surface area (Å²) in [5.74, 6) is 0. The summed E-state index contributed by atoms with van der Waals surface area (Å²) in [4.78, 5) is 1.24. The molecule has 0 amide bonds. The van der Waals surface area contributed by atoms with Crippen LogP contribution in [0.2, 0.25) is 0 Å². The lowest BCUT2D eigenvalue weighted by Gasteiger charge is -2.09. The summed E-state index contributed by atoms with van der Waals surface area (Å²) < 4.78 is 22.7. The highest BCUT2D eigenvalue weighted by Crippen LogP contribution is 2.22. The molecule has 0 aliphatic rings.